The monoisotopic (exact) mass is 598 g/mol. The summed E-state index contributed by atoms with van der Waals surface area (Å²) in [6.45, 7) is -0.211. The van der Waals surface area contributed by atoms with Crippen LogP contribution in [0.15, 0.2) is 60.9 Å². The number of nitrogens with zero attached hydrogens (tertiary/aromatic N) is 4. The normalized spacial score (nSPS) is 15.3. The van der Waals surface area contributed by atoms with E-state index >= 15 is 0 Å². The van der Waals surface area contributed by atoms with E-state index in [4.69, 9.17) is 5.73 Å². The summed E-state index contributed by atoms with van der Waals surface area (Å²) in [7, 11) is 1.49. The third-order valence-corrected chi connectivity index (χ3v) is 7.30. The Morgan fingerprint density at radius 1 is 1.05 bits per heavy atom. The average molecular weight is 599 g/mol. The third-order valence-electron chi connectivity index (χ3n) is 7.30. The standard InChI is InChI=1S/C30H27F5N6O2/c1-40-22(17-39-26(42)7-3-18-2-6-25(36)38-15-18)13-21-12-20(14-23(27(21)40)30(33,34)35)24-5-4-19(16-37-24)28(43)41-10-8-29(31,32)9-11-41/h2-7,12-16H,8-11,17H2,1H3,(H2,36,38)(H,39,42)/b7-3+. The minimum atomic E-state index is -4.69. The minimum Gasteiger partial charge on any atom is -0.384 e. The summed E-state index contributed by atoms with van der Waals surface area (Å²) in [5.74, 6) is -3.37. The van der Waals surface area contributed by atoms with Crippen LogP contribution in [0.1, 0.15) is 40.0 Å². The first-order chi connectivity index (χ1) is 20.3. The zero-order valence-electron chi connectivity index (χ0n) is 23.0. The predicted octanol–water partition coefficient (Wildman–Crippen LogP) is 5.44. The van der Waals surface area contributed by atoms with Crippen LogP contribution < -0.4 is 11.1 Å². The molecular weight excluding hydrogens is 571 g/mol. The molecule has 1 aromatic carbocycles. The number of carbonyl (C=O) groups is 2. The van der Waals surface area contributed by atoms with Gasteiger partial charge in [-0.3, -0.25) is 14.6 Å². The number of rotatable bonds is 6. The van der Waals surface area contributed by atoms with Crippen molar-refractivity contribution in [3.8, 4) is 11.3 Å². The van der Waals surface area contributed by atoms with Crippen molar-refractivity contribution in [2.45, 2.75) is 31.5 Å². The first-order valence-electron chi connectivity index (χ1n) is 13.3. The maximum Gasteiger partial charge on any atom is 0.418 e. The maximum absolute atomic E-state index is 14.2. The van der Waals surface area contributed by atoms with E-state index in [9.17, 15) is 31.5 Å². The summed E-state index contributed by atoms with van der Waals surface area (Å²) >= 11 is 0. The Labute approximate surface area is 243 Å². The number of aryl methyl sites for hydroxylation is 1. The first kappa shape index (κ1) is 29.7. The molecule has 1 saturated heterocycles. The second kappa shape index (κ2) is 11.5. The van der Waals surface area contributed by atoms with E-state index in [0.717, 1.165) is 6.07 Å². The van der Waals surface area contributed by atoms with Crippen molar-refractivity contribution in [3.63, 3.8) is 0 Å². The second-order valence-corrected chi connectivity index (χ2v) is 10.3. The predicted molar refractivity (Wildman–Crippen MR) is 151 cm³/mol. The highest BCUT2D eigenvalue weighted by Crippen LogP contribution is 2.39. The lowest BCUT2D eigenvalue weighted by Gasteiger charge is -2.31. The highest BCUT2D eigenvalue weighted by molar-refractivity contribution is 5.95. The van der Waals surface area contributed by atoms with Gasteiger partial charge < -0.3 is 20.5 Å². The largest absolute Gasteiger partial charge is 0.418 e. The number of fused-ring (bicyclic) bond motifs is 1. The van der Waals surface area contributed by atoms with Crippen molar-refractivity contribution < 1.29 is 31.5 Å². The van der Waals surface area contributed by atoms with Gasteiger partial charge in [-0.2, -0.15) is 13.2 Å². The van der Waals surface area contributed by atoms with Gasteiger partial charge in [0.2, 0.25) is 5.91 Å². The molecule has 13 heteroatoms. The lowest BCUT2D eigenvalue weighted by molar-refractivity contribution is -0.136. The molecule has 5 rings (SSSR count). The lowest BCUT2D eigenvalue weighted by Crippen LogP contribution is -2.42. The van der Waals surface area contributed by atoms with Crippen molar-refractivity contribution in [1.29, 1.82) is 0 Å². The van der Waals surface area contributed by atoms with Crippen molar-refractivity contribution in [1.82, 2.24) is 24.8 Å². The summed E-state index contributed by atoms with van der Waals surface area (Å²) < 4.78 is 70.9. The van der Waals surface area contributed by atoms with Crippen LogP contribution in [-0.2, 0) is 24.6 Å². The average Bonchev–Trinajstić information content (AvgIpc) is 3.29. The Kier molecular flexibility index (Phi) is 7.91. The quantitative estimate of drug-likeness (QED) is 0.227. The number of pyridine rings is 2. The van der Waals surface area contributed by atoms with Crippen molar-refractivity contribution in [2.75, 3.05) is 18.8 Å². The molecule has 1 fully saturated rings. The second-order valence-electron chi connectivity index (χ2n) is 10.3. The number of aromatic nitrogens is 3. The molecule has 4 heterocycles. The van der Waals surface area contributed by atoms with E-state index in [2.05, 4.69) is 15.3 Å². The van der Waals surface area contributed by atoms with Crippen LogP contribution in [-0.4, -0.2) is 50.3 Å². The van der Waals surface area contributed by atoms with Gasteiger partial charge in [0.05, 0.1) is 28.9 Å². The molecule has 0 unspecified atom stereocenters. The van der Waals surface area contributed by atoms with E-state index < -0.39 is 42.3 Å². The molecular formula is C30H27F5N6O2. The fraction of sp³-hybridized carbons (Fsp3) is 0.267. The first-order valence-corrected chi connectivity index (χ1v) is 13.3. The van der Waals surface area contributed by atoms with Crippen molar-refractivity contribution in [3.05, 3.63) is 83.3 Å². The molecule has 224 valence electrons. The molecule has 0 spiro atoms. The molecule has 0 bridgehead atoms. The van der Waals surface area contributed by atoms with E-state index in [-0.39, 0.29) is 47.4 Å². The molecule has 0 saturated carbocycles. The minimum absolute atomic E-state index is 0.0293. The molecule has 1 aliphatic heterocycles. The SMILES string of the molecule is Cn1c(CNC(=O)/C=C/c2ccc(N)nc2)cc2cc(-c3ccc(C(=O)N4CCC(F)(F)CC4)cn3)cc(C(F)(F)F)c21. The van der Waals surface area contributed by atoms with Crippen molar-refractivity contribution >= 4 is 34.6 Å². The van der Waals surface area contributed by atoms with Crippen LogP contribution in [0.25, 0.3) is 28.2 Å². The summed E-state index contributed by atoms with van der Waals surface area (Å²) in [4.78, 5) is 34.6. The number of anilines is 1. The highest BCUT2D eigenvalue weighted by Gasteiger charge is 2.36. The van der Waals surface area contributed by atoms with Gasteiger partial charge in [0.15, 0.2) is 0 Å². The van der Waals surface area contributed by atoms with Crippen LogP contribution in [0.3, 0.4) is 0 Å². The van der Waals surface area contributed by atoms with Gasteiger partial charge in [-0.05, 0) is 54.1 Å². The topological polar surface area (TPSA) is 106 Å². The summed E-state index contributed by atoms with van der Waals surface area (Å²) in [5, 5.41) is 2.96. The fourth-order valence-corrected chi connectivity index (χ4v) is 4.93. The van der Waals surface area contributed by atoms with E-state index in [1.807, 2.05) is 0 Å². The van der Waals surface area contributed by atoms with E-state index in [0.29, 0.717) is 17.1 Å². The number of amides is 2. The molecule has 8 nitrogen and oxygen atoms in total. The zero-order chi connectivity index (χ0) is 30.9. The lowest BCUT2D eigenvalue weighted by atomic mass is 10.0. The summed E-state index contributed by atoms with van der Waals surface area (Å²) in [6, 6.07) is 10.2. The third kappa shape index (κ3) is 6.65. The number of halogens is 5. The number of nitrogen functional groups attached to an aromatic ring is 1. The Bertz CT molecular complexity index is 1690. The molecule has 4 aromatic rings. The Morgan fingerprint density at radius 2 is 1.79 bits per heavy atom. The van der Waals surface area contributed by atoms with Crippen LogP contribution >= 0.6 is 0 Å². The van der Waals surface area contributed by atoms with Crippen LogP contribution in [0, 0.1) is 0 Å². The number of likely N-dealkylation sites (tertiary alicyclic amines) is 1. The number of piperidine rings is 1. The summed E-state index contributed by atoms with van der Waals surface area (Å²) in [5.41, 5.74) is 6.24. The number of benzene rings is 1. The zero-order valence-corrected chi connectivity index (χ0v) is 23.0. The van der Waals surface area contributed by atoms with Gasteiger partial charge in [0.25, 0.3) is 11.8 Å². The number of hydrogen-bond acceptors (Lipinski definition) is 5. The molecule has 0 aliphatic carbocycles. The van der Waals surface area contributed by atoms with Crippen molar-refractivity contribution in [2.24, 2.45) is 7.05 Å². The Balaban J connectivity index is 1.37. The highest BCUT2D eigenvalue weighted by atomic mass is 19.4. The number of alkyl halides is 5. The molecule has 0 atom stereocenters. The Hall–Kier alpha value is -4.81. The van der Waals surface area contributed by atoms with Gasteiger partial charge in [-0.25, -0.2) is 13.8 Å². The van der Waals surface area contributed by atoms with E-state index in [1.165, 1.54) is 53.2 Å². The van der Waals surface area contributed by atoms with Gasteiger partial charge in [-0.1, -0.05) is 0 Å². The van der Waals surface area contributed by atoms with E-state index in [1.54, 1.807) is 24.3 Å². The molecule has 2 amide bonds. The smallest absolute Gasteiger partial charge is 0.384 e. The molecule has 1 aliphatic rings. The van der Waals surface area contributed by atoms with Crippen LogP contribution in [0.2, 0.25) is 0 Å². The van der Waals surface area contributed by atoms with Gasteiger partial charge in [0, 0.05) is 68.1 Å². The summed E-state index contributed by atoms with van der Waals surface area (Å²) in [6.07, 6.45) is 0.0169. The maximum atomic E-state index is 14.2. The van der Waals surface area contributed by atoms with Gasteiger partial charge in [-0.15, -0.1) is 0 Å². The molecule has 0 radical (unpaired) electrons. The molecule has 3 N–H and O–H groups in total. The molecule has 3 aromatic heterocycles. The van der Waals surface area contributed by atoms with Gasteiger partial charge in [0.1, 0.15) is 5.82 Å². The Morgan fingerprint density at radius 3 is 2.42 bits per heavy atom. The van der Waals surface area contributed by atoms with Gasteiger partial charge >= 0.3 is 6.18 Å². The molecule has 43 heavy (non-hydrogen) atoms. The fourth-order valence-electron chi connectivity index (χ4n) is 4.93. The number of nitrogens with one attached hydrogen (secondary N) is 1. The van der Waals surface area contributed by atoms with Crippen LogP contribution in [0.4, 0.5) is 27.8 Å². The number of hydrogen-bond donors (Lipinski definition) is 2. The number of nitrogens with two attached hydrogens (primary N) is 1. The van der Waals surface area contributed by atoms with Crippen LogP contribution in [0.5, 0.6) is 0 Å². The number of carbonyl (C=O) groups excluding carboxylic acids is 2.